The average molecular weight is 324 g/mol. The number of anilines is 1. The van der Waals surface area contributed by atoms with Gasteiger partial charge in [0.05, 0.1) is 12.0 Å². The molecule has 4 rings (SSSR count). The minimum Gasteiger partial charge on any atom is -0.326 e. The van der Waals surface area contributed by atoms with E-state index in [0.29, 0.717) is 0 Å². The van der Waals surface area contributed by atoms with E-state index in [4.69, 9.17) is 0 Å². The van der Waals surface area contributed by atoms with Gasteiger partial charge in [0.15, 0.2) is 0 Å². The molecule has 2 aliphatic rings. The minimum absolute atomic E-state index is 0.131. The zero-order valence-corrected chi connectivity index (χ0v) is 14.3. The van der Waals surface area contributed by atoms with Crippen LogP contribution in [-0.2, 0) is 4.79 Å². The van der Waals surface area contributed by atoms with Gasteiger partial charge in [-0.15, -0.1) is 0 Å². The Morgan fingerprint density at radius 3 is 2.67 bits per heavy atom. The van der Waals surface area contributed by atoms with Crippen LogP contribution in [0.3, 0.4) is 0 Å². The first-order chi connectivity index (χ1) is 11.6. The van der Waals surface area contributed by atoms with Crippen LogP contribution in [0.25, 0.3) is 5.69 Å². The summed E-state index contributed by atoms with van der Waals surface area (Å²) in [7, 11) is 0. The fourth-order valence-electron chi connectivity index (χ4n) is 3.62. The predicted octanol–water partition coefficient (Wildman–Crippen LogP) is 2.96. The van der Waals surface area contributed by atoms with Gasteiger partial charge < -0.3 is 15.2 Å². The second-order valence-electron chi connectivity index (χ2n) is 7.22. The standard InChI is InChI=1S/C19H24N4O/c1-13-14(2)23(12-20-13)17-5-3-16(4-6-17)22-18(24)15-7-10-21-19(11-15)8-9-19/h3-6,12,15,21H,7-11H2,1-2H3,(H,22,24). The number of imidazole rings is 1. The molecule has 1 saturated carbocycles. The number of hydrogen-bond acceptors (Lipinski definition) is 3. The highest BCUT2D eigenvalue weighted by atomic mass is 16.1. The van der Waals surface area contributed by atoms with Crippen molar-refractivity contribution in [2.24, 2.45) is 5.92 Å². The van der Waals surface area contributed by atoms with Crippen LogP contribution in [0.5, 0.6) is 0 Å². The van der Waals surface area contributed by atoms with Crippen LogP contribution in [0.2, 0.25) is 0 Å². The number of rotatable bonds is 3. The summed E-state index contributed by atoms with van der Waals surface area (Å²) in [6.07, 6.45) is 6.18. The van der Waals surface area contributed by atoms with Crippen molar-refractivity contribution < 1.29 is 4.79 Å². The number of benzene rings is 1. The van der Waals surface area contributed by atoms with E-state index < -0.39 is 0 Å². The van der Waals surface area contributed by atoms with Gasteiger partial charge in [-0.3, -0.25) is 4.79 Å². The van der Waals surface area contributed by atoms with Gasteiger partial charge in [0.1, 0.15) is 0 Å². The number of carbonyl (C=O) groups excluding carboxylic acids is 1. The van der Waals surface area contributed by atoms with Gasteiger partial charge in [0.25, 0.3) is 0 Å². The molecule has 1 atom stereocenters. The molecular weight excluding hydrogens is 300 g/mol. The van der Waals surface area contributed by atoms with Gasteiger partial charge in [0.2, 0.25) is 5.91 Å². The summed E-state index contributed by atoms with van der Waals surface area (Å²) in [4.78, 5) is 16.9. The van der Waals surface area contributed by atoms with Crippen molar-refractivity contribution in [1.29, 1.82) is 0 Å². The predicted molar refractivity (Wildman–Crippen MR) is 94.4 cm³/mol. The fraction of sp³-hybridized carbons (Fsp3) is 0.474. The first-order valence-corrected chi connectivity index (χ1v) is 8.73. The number of nitrogens with zero attached hydrogens (tertiary/aromatic N) is 2. The van der Waals surface area contributed by atoms with Crippen LogP contribution in [0.1, 0.15) is 37.1 Å². The highest BCUT2D eigenvalue weighted by Gasteiger charge is 2.47. The molecular formula is C19H24N4O. The highest BCUT2D eigenvalue weighted by molar-refractivity contribution is 5.92. The number of aryl methyl sites for hydroxylation is 1. The van der Waals surface area contributed by atoms with Gasteiger partial charge in [-0.1, -0.05) is 0 Å². The van der Waals surface area contributed by atoms with Gasteiger partial charge in [-0.25, -0.2) is 4.98 Å². The van der Waals surface area contributed by atoms with E-state index in [-0.39, 0.29) is 17.4 Å². The Balaban J connectivity index is 1.43. The molecule has 1 amide bonds. The summed E-state index contributed by atoms with van der Waals surface area (Å²) in [5, 5.41) is 6.65. The Kier molecular flexibility index (Phi) is 3.68. The molecule has 1 saturated heterocycles. The molecule has 1 spiro atoms. The topological polar surface area (TPSA) is 59.0 Å². The maximum atomic E-state index is 12.5. The second-order valence-corrected chi connectivity index (χ2v) is 7.22. The van der Waals surface area contributed by atoms with Crippen molar-refractivity contribution >= 4 is 11.6 Å². The molecule has 5 nitrogen and oxygen atoms in total. The van der Waals surface area contributed by atoms with Crippen LogP contribution < -0.4 is 10.6 Å². The van der Waals surface area contributed by atoms with Crippen LogP contribution in [0, 0.1) is 19.8 Å². The van der Waals surface area contributed by atoms with Crippen molar-refractivity contribution in [3.8, 4) is 5.69 Å². The zero-order chi connectivity index (χ0) is 16.7. The molecule has 1 aromatic heterocycles. The van der Waals surface area contributed by atoms with Crippen LogP contribution >= 0.6 is 0 Å². The third kappa shape index (κ3) is 2.84. The Bertz CT molecular complexity index is 758. The van der Waals surface area contributed by atoms with Gasteiger partial charge in [-0.05, 0) is 70.3 Å². The molecule has 126 valence electrons. The Morgan fingerprint density at radius 2 is 2.04 bits per heavy atom. The zero-order valence-electron chi connectivity index (χ0n) is 14.3. The number of piperidine rings is 1. The number of carbonyl (C=O) groups is 1. The molecule has 1 aliphatic heterocycles. The Labute approximate surface area is 142 Å². The van der Waals surface area contributed by atoms with E-state index in [1.807, 2.05) is 37.5 Å². The molecule has 5 heteroatoms. The smallest absolute Gasteiger partial charge is 0.227 e. The molecule has 1 unspecified atom stereocenters. The fourth-order valence-corrected chi connectivity index (χ4v) is 3.62. The molecule has 24 heavy (non-hydrogen) atoms. The SMILES string of the molecule is Cc1ncn(-c2ccc(NC(=O)C3CCNC4(CC4)C3)cc2)c1C. The average Bonchev–Trinajstić information content (AvgIpc) is 3.25. The highest BCUT2D eigenvalue weighted by Crippen LogP contribution is 2.44. The summed E-state index contributed by atoms with van der Waals surface area (Å²) < 4.78 is 2.06. The van der Waals surface area contributed by atoms with Crippen molar-refractivity contribution in [3.05, 3.63) is 42.0 Å². The number of hydrogen-bond donors (Lipinski definition) is 2. The number of nitrogens with one attached hydrogen (secondary N) is 2. The molecule has 1 aliphatic carbocycles. The second kappa shape index (κ2) is 5.74. The van der Waals surface area contributed by atoms with Crippen molar-refractivity contribution in [1.82, 2.24) is 14.9 Å². The Morgan fingerprint density at radius 1 is 1.29 bits per heavy atom. The first-order valence-electron chi connectivity index (χ1n) is 8.73. The van der Waals surface area contributed by atoms with Crippen LogP contribution in [0.4, 0.5) is 5.69 Å². The Hall–Kier alpha value is -2.14. The third-order valence-electron chi connectivity index (χ3n) is 5.52. The minimum atomic E-state index is 0.131. The maximum absolute atomic E-state index is 12.5. The van der Waals surface area contributed by atoms with Crippen molar-refractivity contribution in [2.75, 3.05) is 11.9 Å². The van der Waals surface area contributed by atoms with Gasteiger partial charge >= 0.3 is 0 Å². The summed E-state index contributed by atoms with van der Waals surface area (Å²) >= 11 is 0. The summed E-state index contributed by atoms with van der Waals surface area (Å²) in [6, 6.07) is 7.98. The lowest BCUT2D eigenvalue weighted by molar-refractivity contribution is -0.121. The van der Waals surface area contributed by atoms with Gasteiger partial charge in [0, 0.05) is 28.5 Å². The molecule has 2 N–H and O–H groups in total. The lowest BCUT2D eigenvalue weighted by atomic mass is 9.90. The third-order valence-corrected chi connectivity index (χ3v) is 5.52. The number of aromatic nitrogens is 2. The molecule has 0 bridgehead atoms. The lowest BCUT2D eigenvalue weighted by Crippen LogP contribution is -2.43. The molecule has 1 aromatic carbocycles. The van der Waals surface area contributed by atoms with E-state index in [0.717, 1.165) is 42.1 Å². The summed E-state index contributed by atoms with van der Waals surface area (Å²) in [6.45, 7) is 5.02. The van der Waals surface area contributed by atoms with Gasteiger partial charge in [-0.2, -0.15) is 0 Å². The quantitative estimate of drug-likeness (QED) is 0.912. The normalized spacial score (nSPS) is 21.7. The summed E-state index contributed by atoms with van der Waals surface area (Å²) in [5.41, 5.74) is 4.37. The lowest BCUT2D eigenvalue weighted by Gasteiger charge is -2.29. The maximum Gasteiger partial charge on any atom is 0.227 e. The summed E-state index contributed by atoms with van der Waals surface area (Å²) in [5.74, 6) is 0.289. The largest absolute Gasteiger partial charge is 0.326 e. The molecule has 2 aromatic rings. The van der Waals surface area contributed by atoms with Crippen LogP contribution in [0.15, 0.2) is 30.6 Å². The van der Waals surface area contributed by atoms with Crippen molar-refractivity contribution in [3.63, 3.8) is 0 Å². The van der Waals surface area contributed by atoms with E-state index >= 15 is 0 Å². The molecule has 2 heterocycles. The van der Waals surface area contributed by atoms with E-state index in [1.165, 1.54) is 12.8 Å². The van der Waals surface area contributed by atoms with E-state index in [9.17, 15) is 4.79 Å². The van der Waals surface area contributed by atoms with E-state index in [1.54, 1.807) is 0 Å². The first kappa shape index (κ1) is 15.4. The number of amides is 1. The molecule has 0 radical (unpaired) electrons. The van der Waals surface area contributed by atoms with Crippen LogP contribution in [-0.4, -0.2) is 27.5 Å². The monoisotopic (exact) mass is 324 g/mol. The molecule has 2 fully saturated rings. The van der Waals surface area contributed by atoms with E-state index in [2.05, 4.69) is 27.1 Å². The van der Waals surface area contributed by atoms with Crippen molar-refractivity contribution in [2.45, 2.75) is 45.1 Å².